The summed E-state index contributed by atoms with van der Waals surface area (Å²) in [7, 11) is 0. The van der Waals surface area contributed by atoms with Gasteiger partial charge in [0, 0.05) is 10.4 Å². The van der Waals surface area contributed by atoms with Crippen LogP contribution in [-0.2, 0) is 0 Å². The van der Waals surface area contributed by atoms with Gasteiger partial charge in [-0.2, -0.15) is 0 Å². The van der Waals surface area contributed by atoms with Crippen molar-refractivity contribution in [2.45, 2.75) is 0 Å². The van der Waals surface area contributed by atoms with Crippen LogP contribution in [0.15, 0.2) is 46.9 Å². The Hall–Kier alpha value is -2.33. The number of carboxylic acid groups (broad SMARTS) is 1. The molecule has 1 heterocycles. The summed E-state index contributed by atoms with van der Waals surface area (Å²) in [6.07, 6.45) is 0. The van der Waals surface area contributed by atoms with Crippen molar-refractivity contribution >= 4 is 28.5 Å². The minimum Gasteiger partial charge on any atom is -0.478 e. The quantitative estimate of drug-likeness (QED) is 0.751. The molecule has 0 unspecified atom stereocenters. The van der Waals surface area contributed by atoms with Gasteiger partial charge in [-0.1, -0.05) is 11.6 Å². The summed E-state index contributed by atoms with van der Waals surface area (Å²) >= 11 is 5.88. The lowest BCUT2D eigenvalue weighted by molar-refractivity contribution is 0.0697. The molecule has 0 radical (unpaired) electrons. The summed E-state index contributed by atoms with van der Waals surface area (Å²) in [5.41, 5.74) is 0.668. The molecule has 0 aliphatic rings. The molecule has 0 aliphatic carbocycles. The highest BCUT2D eigenvalue weighted by molar-refractivity contribution is 6.31. The Balaban J connectivity index is 2.19. The average Bonchev–Trinajstić information content (AvgIpc) is 2.81. The number of benzene rings is 2. The van der Waals surface area contributed by atoms with Crippen LogP contribution >= 0.6 is 11.6 Å². The van der Waals surface area contributed by atoms with Crippen LogP contribution in [0.4, 0.5) is 4.39 Å². The van der Waals surface area contributed by atoms with Crippen molar-refractivity contribution in [1.29, 1.82) is 0 Å². The maximum absolute atomic E-state index is 13.8. The van der Waals surface area contributed by atoms with Crippen molar-refractivity contribution in [2.24, 2.45) is 0 Å². The Bertz CT molecular complexity index is 823. The number of furan rings is 1. The fourth-order valence-corrected chi connectivity index (χ4v) is 2.17. The molecule has 3 rings (SSSR count). The zero-order valence-electron chi connectivity index (χ0n) is 10.1. The smallest absolute Gasteiger partial charge is 0.335 e. The minimum atomic E-state index is -1.12. The van der Waals surface area contributed by atoms with E-state index in [0.29, 0.717) is 10.6 Å². The van der Waals surface area contributed by atoms with E-state index >= 15 is 0 Å². The number of carboxylic acids is 1. The van der Waals surface area contributed by atoms with Gasteiger partial charge in [-0.3, -0.25) is 0 Å². The number of aromatic carboxylic acids is 1. The lowest BCUT2D eigenvalue weighted by atomic mass is 10.1. The standard InChI is InChI=1S/C15H8ClFO3/c16-10-2-4-13-9(5-10)7-14(20-13)11-6-8(15(18)19)1-3-12(11)17/h1-7H,(H,18,19). The largest absolute Gasteiger partial charge is 0.478 e. The first-order chi connectivity index (χ1) is 9.54. The molecule has 0 atom stereocenters. The number of halogens is 2. The van der Waals surface area contributed by atoms with E-state index in [-0.39, 0.29) is 16.9 Å². The predicted octanol–water partition coefficient (Wildman–Crippen LogP) is 4.59. The molecule has 0 saturated carbocycles. The van der Waals surface area contributed by atoms with Crippen molar-refractivity contribution in [3.8, 4) is 11.3 Å². The van der Waals surface area contributed by atoms with Gasteiger partial charge in [0.15, 0.2) is 0 Å². The van der Waals surface area contributed by atoms with Crippen LogP contribution in [-0.4, -0.2) is 11.1 Å². The lowest BCUT2D eigenvalue weighted by Crippen LogP contribution is -1.97. The number of hydrogen-bond donors (Lipinski definition) is 1. The molecule has 0 aliphatic heterocycles. The highest BCUT2D eigenvalue weighted by Gasteiger charge is 2.14. The molecule has 1 N–H and O–H groups in total. The number of fused-ring (bicyclic) bond motifs is 1. The highest BCUT2D eigenvalue weighted by atomic mass is 35.5. The molecule has 0 saturated heterocycles. The van der Waals surface area contributed by atoms with E-state index in [1.165, 1.54) is 12.1 Å². The molecular formula is C15H8ClFO3. The molecule has 20 heavy (non-hydrogen) atoms. The SMILES string of the molecule is O=C(O)c1ccc(F)c(-c2cc3cc(Cl)ccc3o2)c1. The summed E-state index contributed by atoms with van der Waals surface area (Å²) in [5, 5.41) is 10.2. The van der Waals surface area contributed by atoms with Gasteiger partial charge in [0.25, 0.3) is 0 Å². The molecular weight excluding hydrogens is 283 g/mol. The molecule has 100 valence electrons. The highest BCUT2D eigenvalue weighted by Crippen LogP contribution is 2.31. The first-order valence-corrected chi connectivity index (χ1v) is 6.15. The van der Waals surface area contributed by atoms with E-state index in [4.69, 9.17) is 21.1 Å². The maximum atomic E-state index is 13.8. The fraction of sp³-hybridized carbons (Fsp3) is 0. The molecule has 3 aromatic rings. The molecule has 0 bridgehead atoms. The maximum Gasteiger partial charge on any atom is 0.335 e. The Morgan fingerprint density at radius 1 is 1.15 bits per heavy atom. The van der Waals surface area contributed by atoms with E-state index < -0.39 is 11.8 Å². The second-order valence-corrected chi connectivity index (χ2v) is 4.73. The monoisotopic (exact) mass is 290 g/mol. The zero-order chi connectivity index (χ0) is 14.3. The number of carbonyl (C=O) groups is 1. The van der Waals surface area contributed by atoms with Crippen molar-refractivity contribution in [1.82, 2.24) is 0 Å². The summed E-state index contributed by atoms with van der Waals surface area (Å²) < 4.78 is 19.4. The second kappa shape index (κ2) is 4.65. The van der Waals surface area contributed by atoms with Crippen LogP contribution in [0, 0.1) is 5.82 Å². The van der Waals surface area contributed by atoms with Crippen molar-refractivity contribution in [3.05, 3.63) is 58.9 Å². The molecule has 0 amide bonds. The summed E-state index contributed by atoms with van der Waals surface area (Å²) in [6, 6.07) is 10.2. The van der Waals surface area contributed by atoms with E-state index in [1.807, 2.05) is 0 Å². The van der Waals surface area contributed by atoms with Gasteiger partial charge in [-0.05, 0) is 42.5 Å². The number of rotatable bonds is 2. The molecule has 0 fully saturated rings. The van der Waals surface area contributed by atoms with Gasteiger partial charge < -0.3 is 9.52 Å². The minimum absolute atomic E-state index is 0.000103. The van der Waals surface area contributed by atoms with E-state index in [9.17, 15) is 9.18 Å². The summed E-state index contributed by atoms with van der Waals surface area (Å²) in [5.74, 6) is -1.39. The van der Waals surface area contributed by atoms with Crippen LogP contribution in [0.5, 0.6) is 0 Å². The first kappa shape index (κ1) is 12.7. The van der Waals surface area contributed by atoms with Gasteiger partial charge in [-0.15, -0.1) is 0 Å². The fourth-order valence-electron chi connectivity index (χ4n) is 1.99. The Morgan fingerprint density at radius 3 is 2.70 bits per heavy atom. The Kier molecular flexibility index (Phi) is 2.95. The van der Waals surface area contributed by atoms with Crippen LogP contribution in [0.2, 0.25) is 5.02 Å². The third-order valence-electron chi connectivity index (χ3n) is 2.96. The van der Waals surface area contributed by atoms with Gasteiger partial charge in [0.05, 0.1) is 11.1 Å². The van der Waals surface area contributed by atoms with Gasteiger partial charge >= 0.3 is 5.97 Å². The van der Waals surface area contributed by atoms with E-state index in [1.54, 1.807) is 24.3 Å². The predicted molar refractivity (Wildman–Crippen MR) is 73.6 cm³/mol. The molecule has 5 heteroatoms. The number of hydrogen-bond acceptors (Lipinski definition) is 2. The van der Waals surface area contributed by atoms with Crippen LogP contribution in [0.25, 0.3) is 22.3 Å². The van der Waals surface area contributed by atoms with Crippen molar-refractivity contribution < 1.29 is 18.7 Å². The molecule has 2 aromatic carbocycles. The van der Waals surface area contributed by atoms with E-state index in [2.05, 4.69) is 0 Å². The van der Waals surface area contributed by atoms with Gasteiger partial charge in [0.2, 0.25) is 0 Å². The Labute approximate surface area is 118 Å². The molecule has 1 aromatic heterocycles. The third-order valence-corrected chi connectivity index (χ3v) is 3.19. The average molecular weight is 291 g/mol. The van der Waals surface area contributed by atoms with Crippen LogP contribution < -0.4 is 0 Å². The normalized spacial score (nSPS) is 10.9. The van der Waals surface area contributed by atoms with Crippen molar-refractivity contribution in [3.63, 3.8) is 0 Å². The summed E-state index contributed by atoms with van der Waals surface area (Å²) in [6.45, 7) is 0. The van der Waals surface area contributed by atoms with E-state index in [0.717, 1.165) is 11.5 Å². The van der Waals surface area contributed by atoms with Crippen LogP contribution in [0.3, 0.4) is 0 Å². The first-order valence-electron chi connectivity index (χ1n) is 5.77. The lowest BCUT2D eigenvalue weighted by Gasteiger charge is -2.01. The van der Waals surface area contributed by atoms with Gasteiger partial charge in [-0.25, -0.2) is 9.18 Å². The second-order valence-electron chi connectivity index (χ2n) is 4.29. The Morgan fingerprint density at radius 2 is 1.95 bits per heavy atom. The third kappa shape index (κ3) is 2.14. The topological polar surface area (TPSA) is 50.4 Å². The van der Waals surface area contributed by atoms with Crippen LogP contribution in [0.1, 0.15) is 10.4 Å². The van der Waals surface area contributed by atoms with Crippen molar-refractivity contribution in [2.75, 3.05) is 0 Å². The van der Waals surface area contributed by atoms with Gasteiger partial charge in [0.1, 0.15) is 17.2 Å². The molecule has 3 nitrogen and oxygen atoms in total. The summed E-state index contributed by atoms with van der Waals surface area (Å²) in [4.78, 5) is 10.9. The molecule has 0 spiro atoms. The zero-order valence-corrected chi connectivity index (χ0v) is 10.8.